The summed E-state index contributed by atoms with van der Waals surface area (Å²) in [6.45, 7) is 0. The van der Waals surface area contributed by atoms with Gasteiger partial charge in [-0.25, -0.2) is 5.43 Å². The zero-order valence-electron chi connectivity index (χ0n) is 12.0. The van der Waals surface area contributed by atoms with Gasteiger partial charge >= 0.3 is 6.18 Å². The SMILES string of the molecule is O=C(Cc1ccsc1)Nn1nc(C(F)(F)F)c2ccccc2c1=O. The maximum Gasteiger partial charge on any atom is 0.435 e. The Kier molecular flexibility index (Phi) is 4.10. The van der Waals surface area contributed by atoms with Gasteiger partial charge in [-0.15, -0.1) is 9.89 Å². The average molecular weight is 353 g/mol. The summed E-state index contributed by atoms with van der Waals surface area (Å²) in [4.78, 5) is 24.6. The number of hydrogen-bond donors (Lipinski definition) is 1. The quantitative estimate of drug-likeness (QED) is 0.788. The standard InChI is InChI=1S/C15H10F3N3O2S/c16-15(17,18)13-10-3-1-2-4-11(10)14(23)21(20-13)19-12(22)7-9-5-6-24-8-9/h1-6,8H,7H2,(H,19,22). The molecule has 3 aromatic rings. The first-order valence-electron chi connectivity index (χ1n) is 6.76. The van der Waals surface area contributed by atoms with Crippen LogP contribution in [0.25, 0.3) is 10.8 Å². The van der Waals surface area contributed by atoms with Crippen molar-refractivity contribution < 1.29 is 18.0 Å². The third-order valence-corrected chi connectivity index (χ3v) is 3.98. The normalized spacial score (nSPS) is 11.6. The molecular formula is C15H10F3N3O2S. The minimum absolute atomic E-state index is 0.0637. The Morgan fingerprint density at radius 2 is 1.92 bits per heavy atom. The van der Waals surface area contributed by atoms with Gasteiger partial charge in [-0.05, 0) is 28.5 Å². The van der Waals surface area contributed by atoms with Crippen LogP contribution in [0.2, 0.25) is 0 Å². The molecule has 0 spiro atoms. The zero-order chi connectivity index (χ0) is 17.3. The number of nitrogens with one attached hydrogen (secondary N) is 1. The first-order chi connectivity index (χ1) is 11.4. The van der Waals surface area contributed by atoms with Gasteiger partial charge in [0, 0.05) is 5.39 Å². The largest absolute Gasteiger partial charge is 0.435 e. The lowest BCUT2D eigenvalue weighted by Gasteiger charge is -2.13. The third-order valence-electron chi connectivity index (χ3n) is 3.25. The van der Waals surface area contributed by atoms with Gasteiger partial charge in [0.05, 0.1) is 11.8 Å². The Morgan fingerprint density at radius 3 is 2.54 bits per heavy atom. The van der Waals surface area contributed by atoms with E-state index in [9.17, 15) is 22.8 Å². The van der Waals surface area contributed by atoms with Crippen LogP contribution in [-0.2, 0) is 17.4 Å². The summed E-state index contributed by atoms with van der Waals surface area (Å²) in [5.74, 6) is -0.633. The van der Waals surface area contributed by atoms with Crippen LogP contribution < -0.4 is 11.0 Å². The van der Waals surface area contributed by atoms with Gasteiger partial charge in [0.15, 0.2) is 5.69 Å². The molecule has 0 saturated heterocycles. The van der Waals surface area contributed by atoms with Crippen LogP contribution in [0.5, 0.6) is 0 Å². The van der Waals surface area contributed by atoms with E-state index in [2.05, 4.69) is 10.5 Å². The van der Waals surface area contributed by atoms with Crippen LogP contribution in [0.1, 0.15) is 11.3 Å². The number of thiophene rings is 1. The van der Waals surface area contributed by atoms with E-state index in [0.717, 1.165) is 0 Å². The van der Waals surface area contributed by atoms with Crippen molar-refractivity contribution in [2.45, 2.75) is 12.6 Å². The molecule has 0 aliphatic heterocycles. The summed E-state index contributed by atoms with van der Waals surface area (Å²) in [6, 6.07) is 6.97. The van der Waals surface area contributed by atoms with Crippen LogP contribution >= 0.6 is 11.3 Å². The second-order valence-electron chi connectivity index (χ2n) is 4.95. The van der Waals surface area contributed by atoms with Crippen LogP contribution in [-0.4, -0.2) is 15.8 Å². The molecule has 0 fully saturated rings. The summed E-state index contributed by atoms with van der Waals surface area (Å²) in [6.07, 6.45) is -4.82. The molecule has 24 heavy (non-hydrogen) atoms. The molecule has 124 valence electrons. The van der Waals surface area contributed by atoms with Crippen LogP contribution in [0.3, 0.4) is 0 Å². The Bertz CT molecular complexity index is 949. The first-order valence-corrected chi connectivity index (χ1v) is 7.71. The molecular weight excluding hydrogens is 343 g/mol. The minimum atomic E-state index is -4.76. The topological polar surface area (TPSA) is 64.0 Å². The number of rotatable bonds is 3. The molecule has 2 heterocycles. The molecule has 1 aromatic carbocycles. The lowest BCUT2D eigenvalue weighted by atomic mass is 10.1. The maximum absolute atomic E-state index is 13.2. The van der Waals surface area contributed by atoms with E-state index in [1.807, 2.05) is 0 Å². The van der Waals surface area contributed by atoms with Crippen molar-refractivity contribution in [3.8, 4) is 0 Å². The Morgan fingerprint density at radius 1 is 1.21 bits per heavy atom. The van der Waals surface area contributed by atoms with E-state index < -0.39 is 23.3 Å². The summed E-state index contributed by atoms with van der Waals surface area (Å²) < 4.78 is 39.5. The number of halogens is 3. The van der Waals surface area contributed by atoms with Crippen molar-refractivity contribution >= 4 is 28.0 Å². The number of benzene rings is 1. The van der Waals surface area contributed by atoms with Gasteiger partial charge < -0.3 is 0 Å². The van der Waals surface area contributed by atoms with Crippen molar-refractivity contribution in [2.24, 2.45) is 0 Å². The van der Waals surface area contributed by atoms with E-state index in [0.29, 0.717) is 10.4 Å². The van der Waals surface area contributed by atoms with Gasteiger partial charge in [-0.3, -0.25) is 9.59 Å². The van der Waals surface area contributed by atoms with Gasteiger partial charge in [-0.2, -0.15) is 24.5 Å². The number of carbonyl (C=O) groups is 1. The molecule has 1 amide bonds. The Balaban J connectivity index is 2.03. The fourth-order valence-corrected chi connectivity index (χ4v) is 2.88. The van der Waals surface area contributed by atoms with Gasteiger partial charge in [0.1, 0.15) is 0 Å². The van der Waals surface area contributed by atoms with Gasteiger partial charge in [-0.1, -0.05) is 18.2 Å². The van der Waals surface area contributed by atoms with Gasteiger partial charge in [0.25, 0.3) is 5.56 Å². The molecule has 0 saturated carbocycles. The summed E-state index contributed by atoms with van der Waals surface area (Å²) in [7, 11) is 0. The number of nitrogens with zero attached hydrogens (tertiary/aromatic N) is 2. The third kappa shape index (κ3) is 3.16. The molecule has 0 radical (unpaired) electrons. The number of fused-ring (bicyclic) bond motifs is 1. The smallest absolute Gasteiger partial charge is 0.273 e. The van der Waals surface area contributed by atoms with E-state index in [4.69, 9.17) is 0 Å². The number of amides is 1. The molecule has 0 unspecified atom stereocenters. The highest BCUT2D eigenvalue weighted by molar-refractivity contribution is 7.08. The highest BCUT2D eigenvalue weighted by Crippen LogP contribution is 2.31. The lowest BCUT2D eigenvalue weighted by Crippen LogP contribution is -2.37. The van der Waals surface area contributed by atoms with Crippen molar-refractivity contribution in [1.29, 1.82) is 0 Å². The number of alkyl halides is 3. The van der Waals surface area contributed by atoms with Crippen molar-refractivity contribution in [3.05, 3.63) is 62.7 Å². The highest BCUT2D eigenvalue weighted by Gasteiger charge is 2.36. The summed E-state index contributed by atoms with van der Waals surface area (Å²) in [5.41, 5.74) is 0.758. The van der Waals surface area contributed by atoms with Gasteiger partial charge in [0.2, 0.25) is 5.91 Å². The fourth-order valence-electron chi connectivity index (χ4n) is 2.21. The van der Waals surface area contributed by atoms with E-state index in [-0.39, 0.29) is 17.2 Å². The molecule has 0 bridgehead atoms. The summed E-state index contributed by atoms with van der Waals surface area (Å²) >= 11 is 1.39. The van der Waals surface area contributed by atoms with Crippen LogP contribution in [0.4, 0.5) is 13.2 Å². The first kappa shape index (κ1) is 16.2. The van der Waals surface area contributed by atoms with Crippen molar-refractivity contribution in [3.63, 3.8) is 0 Å². The number of aromatic nitrogens is 2. The Labute approximate surface area is 137 Å². The van der Waals surface area contributed by atoms with Crippen molar-refractivity contribution in [2.75, 3.05) is 5.43 Å². The number of hydrogen-bond acceptors (Lipinski definition) is 4. The lowest BCUT2D eigenvalue weighted by molar-refractivity contribution is -0.141. The molecule has 0 aliphatic carbocycles. The predicted molar refractivity (Wildman–Crippen MR) is 83.4 cm³/mol. The second-order valence-corrected chi connectivity index (χ2v) is 5.73. The highest BCUT2D eigenvalue weighted by atomic mass is 32.1. The molecule has 5 nitrogen and oxygen atoms in total. The molecule has 9 heteroatoms. The van der Waals surface area contributed by atoms with Crippen molar-refractivity contribution in [1.82, 2.24) is 9.89 Å². The molecule has 1 N–H and O–H groups in total. The fraction of sp³-hybridized carbons (Fsp3) is 0.133. The average Bonchev–Trinajstić information content (AvgIpc) is 3.02. The van der Waals surface area contributed by atoms with Crippen LogP contribution in [0, 0.1) is 0 Å². The van der Waals surface area contributed by atoms with E-state index in [1.165, 1.54) is 35.6 Å². The second kappa shape index (κ2) is 6.08. The maximum atomic E-state index is 13.2. The monoisotopic (exact) mass is 353 g/mol. The predicted octanol–water partition coefficient (Wildman–Crippen LogP) is 2.79. The molecule has 3 rings (SSSR count). The summed E-state index contributed by atoms with van der Waals surface area (Å²) in [5, 5.41) is 6.32. The zero-order valence-corrected chi connectivity index (χ0v) is 12.8. The molecule has 2 aromatic heterocycles. The van der Waals surface area contributed by atoms with Crippen LogP contribution in [0.15, 0.2) is 45.9 Å². The minimum Gasteiger partial charge on any atom is -0.273 e. The van der Waals surface area contributed by atoms with E-state index in [1.54, 1.807) is 16.8 Å². The van der Waals surface area contributed by atoms with E-state index >= 15 is 0 Å². The Hall–Kier alpha value is -2.68. The molecule has 0 aliphatic rings. The molecule has 0 atom stereocenters. The number of carbonyl (C=O) groups excluding carboxylic acids is 1.